The predicted octanol–water partition coefficient (Wildman–Crippen LogP) is 1.36. The molecule has 124 valence electrons. The third-order valence-corrected chi connectivity index (χ3v) is 3.60. The molecule has 0 bridgehead atoms. The highest BCUT2D eigenvalue weighted by Gasteiger charge is 2.18. The van der Waals surface area contributed by atoms with Gasteiger partial charge in [0.1, 0.15) is 12.0 Å². The molecule has 8 heteroatoms. The fourth-order valence-electron chi connectivity index (χ4n) is 2.36. The van der Waals surface area contributed by atoms with Crippen molar-refractivity contribution in [1.82, 2.24) is 30.0 Å². The summed E-state index contributed by atoms with van der Waals surface area (Å²) in [6.45, 7) is 3.01. The largest absolute Gasteiger partial charge is 0.383 e. The zero-order chi connectivity index (χ0) is 16.9. The van der Waals surface area contributed by atoms with Crippen molar-refractivity contribution in [2.45, 2.75) is 19.5 Å². The van der Waals surface area contributed by atoms with Gasteiger partial charge in [-0.1, -0.05) is 12.1 Å². The number of aromatic nitrogens is 5. The van der Waals surface area contributed by atoms with Crippen molar-refractivity contribution in [2.24, 2.45) is 0 Å². The number of carbonyl (C=O) groups is 1. The molecular weight excluding hydrogens is 308 g/mol. The van der Waals surface area contributed by atoms with E-state index in [4.69, 9.17) is 4.74 Å². The number of nitrogens with one attached hydrogen (secondary N) is 1. The maximum absolute atomic E-state index is 12.4. The lowest BCUT2D eigenvalue weighted by molar-refractivity contribution is 0.0932. The van der Waals surface area contributed by atoms with Gasteiger partial charge in [-0.15, -0.1) is 10.2 Å². The number of carbonyl (C=O) groups excluding carboxylic acids is 1. The molecule has 0 spiro atoms. The molecule has 1 atom stereocenters. The van der Waals surface area contributed by atoms with Crippen molar-refractivity contribution < 1.29 is 9.53 Å². The Balaban J connectivity index is 1.74. The first-order valence-corrected chi connectivity index (χ1v) is 7.58. The van der Waals surface area contributed by atoms with Crippen LogP contribution in [0.3, 0.4) is 0 Å². The Kier molecular flexibility index (Phi) is 4.76. The topological polar surface area (TPSA) is 94.8 Å². The molecule has 0 aliphatic carbocycles. The van der Waals surface area contributed by atoms with Crippen molar-refractivity contribution in [3.05, 3.63) is 48.3 Å². The minimum absolute atomic E-state index is 0.267. The standard InChI is InChI=1S/C16H18N6O2/c1-11(15-21-18-10-22(15)7-8-24-2)19-16(23)14-9-17-12-5-3-4-6-13(12)20-14/h3-6,9-11H,7-8H2,1-2H3,(H,19,23)/t11-/m0/s1. The van der Waals surface area contributed by atoms with Crippen LogP contribution < -0.4 is 5.32 Å². The van der Waals surface area contributed by atoms with Crippen molar-refractivity contribution in [2.75, 3.05) is 13.7 Å². The van der Waals surface area contributed by atoms with Crippen LogP contribution in [0.25, 0.3) is 11.0 Å². The smallest absolute Gasteiger partial charge is 0.272 e. The number of hydrogen-bond donors (Lipinski definition) is 1. The second-order valence-electron chi connectivity index (χ2n) is 5.31. The van der Waals surface area contributed by atoms with E-state index >= 15 is 0 Å². The molecule has 0 saturated heterocycles. The van der Waals surface area contributed by atoms with Gasteiger partial charge >= 0.3 is 0 Å². The van der Waals surface area contributed by atoms with Gasteiger partial charge in [0.2, 0.25) is 0 Å². The van der Waals surface area contributed by atoms with Gasteiger partial charge in [0.25, 0.3) is 5.91 Å². The summed E-state index contributed by atoms with van der Waals surface area (Å²) in [6.07, 6.45) is 3.09. The summed E-state index contributed by atoms with van der Waals surface area (Å²) in [5, 5.41) is 10.8. The summed E-state index contributed by atoms with van der Waals surface area (Å²) in [6, 6.07) is 7.10. The summed E-state index contributed by atoms with van der Waals surface area (Å²) >= 11 is 0. The number of para-hydroxylation sites is 2. The van der Waals surface area contributed by atoms with E-state index in [2.05, 4.69) is 25.5 Å². The summed E-state index contributed by atoms with van der Waals surface area (Å²) in [7, 11) is 1.63. The molecule has 0 unspecified atom stereocenters. The number of benzene rings is 1. The highest BCUT2D eigenvalue weighted by molar-refractivity contribution is 5.93. The van der Waals surface area contributed by atoms with Crippen molar-refractivity contribution in [1.29, 1.82) is 0 Å². The Bertz CT molecular complexity index is 847. The van der Waals surface area contributed by atoms with E-state index in [0.29, 0.717) is 24.5 Å². The number of fused-ring (bicyclic) bond motifs is 1. The van der Waals surface area contributed by atoms with Crippen LogP contribution in [-0.4, -0.2) is 44.4 Å². The summed E-state index contributed by atoms with van der Waals surface area (Å²) in [4.78, 5) is 21.0. The van der Waals surface area contributed by atoms with Gasteiger partial charge in [-0.25, -0.2) is 4.98 Å². The van der Waals surface area contributed by atoms with Crippen LogP contribution in [0, 0.1) is 0 Å². The maximum atomic E-state index is 12.4. The van der Waals surface area contributed by atoms with Gasteiger partial charge in [0, 0.05) is 13.7 Å². The molecule has 3 aromatic rings. The molecule has 0 saturated carbocycles. The van der Waals surface area contributed by atoms with Crippen LogP contribution >= 0.6 is 0 Å². The average molecular weight is 326 g/mol. The first kappa shape index (κ1) is 16.0. The molecule has 24 heavy (non-hydrogen) atoms. The summed E-state index contributed by atoms with van der Waals surface area (Å²) in [5.74, 6) is 0.358. The summed E-state index contributed by atoms with van der Waals surface area (Å²) < 4.78 is 6.91. The lowest BCUT2D eigenvalue weighted by atomic mass is 10.2. The quantitative estimate of drug-likeness (QED) is 0.735. The Hall–Kier alpha value is -2.87. The SMILES string of the molecule is COCCn1cnnc1[C@H](C)NC(=O)c1cnc2ccccc2n1. The van der Waals surface area contributed by atoms with Gasteiger partial charge in [-0.2, -0.15) is 0 Å². The molecule has 0 radical (unpaired) electrons. The minimum Gasteiger partial charge on any atom is -0.383 e. The van der Waals surface area contributed by atoms with Gasteiger partial charge in [0.05, 0.1) is 29.9 Å². The van der Waals surface area contributed by atoms with Crippen molar-refractivity contribution >= 4 is 16.9 Å². The first-order valence-electron chi connectivity index (χ1n) is 7.58. The highest BCUT2D eigenvalue weighted by Crippen LogP contribution is 2.12. The van der Waals surface area contributed by atoms with Gasteiger partial charge in [-0.3, -0.25) is 9.78 Å². The predicted molar refractivity (Wildman–Crippen MR) is 87.3 cm³/mol. The average Bonchev–Trinajstić information content (AvgIpc) is 3.08. The number of rotatable bonds is 6. The van der Waals surface area contributed by atoms with Crippen LogP contribution in [0.4, 0.5) is 0 Å². The fraction of sp³-hybridized carbons (Fsp3) is 0.312. The number of hydrogen-bond acceptors (Lipinski definition) is 6. The number of methoxy groups -OCH3 is 1. The van der Waals surface area contributed by atoms with Crippen LogP contribution in [0.15, 0.2) is 36.8 Å². The first-order chi connectivity index (χ1) is 11.7. The number of amides is 1. The van der Waals surface area contributed by atoms with Crippen LogP contribution in [0.1, 0.15) is 29.3 Å². The molecule has 2 heterocycles. The van der Waals surface area contributed by atoms with Crippen LogP contribution in [0.5, 0.6) is 0 Å². The molecule has 0 aliphatic rings. The van der Waals surface area contributed by atoms with Crippen molar-refractivity contribution in [3.8, 4) is 0 Å². The van der Waals surface area contributed by atoms with E-state index in [1.165, 1.54) is 6.20 Å². The molecule has 1 N–H and O–H groups in total. The maximum Gasteiger partial charge on any atom is 0.272 e. The van der Waals surface area contributed by atoms with Crippen LogP contribution in [-0.2, 0) is 11.3 Å². The van der Waals surface area contributed by atoms with E-state index in [0.717, 1.165) is 5.52 Å². The Labute approximate surface area is 138 Å². The van der Waals surface area contributed by atoms with E-state index < -0.39 is 0 Å². The normalized spacial score (nSPS) is 12.2. The lowest BCUT2D eigenvalue weighted by Crippen LogP contribution is -2.29. The third kappa shape index (κ3) is 3.38. The van der Waals surface area contributed by atoms with Gasteiger partial charge < -0.3 is 14.6 Å². The second kappa shape index (κ2) is 7.14. The highest BCUT2D eigenvalue weighted by atomic mass is 16.5. The summed E-state index contributed by atoms with van der Waals surface area (Å²) in [5.41, 5.74) is 1.70. The molecule has 2 aromatic heterocycles. The van der Waals surface area contributed by atoms with Gasteiger partial charge in [0.15, 0.2) is 5.82 Å². The van der Waals surface area contributed by atoms with Gasteiger partial charge in [-0.05, 0) is 19.1 Å². The molecule has 1 aromatic carbocycles. The molecular formula is C16H18N6O2. The molecule has 1 amide bonds. The fourth-order valence-corrected chi connectivity index (χ4v) is 2.36. The monoisotopic (exact) mass is 326 g/mol. The molecule has 0 fully saturated rings. The van der Waals surface area contributed by atoms with E-state index in [9.17, 15) is 4.79 Å². The Morgan fingerprint density at radius 1 is 1.33 bits per heavy atom. The third-order valence-electron chi connectivity index (χ3n) is 3.60. The molecule has 0 aliphatic heterocycles. The van der Waals surface area contributed by atoms with Crippen LogP contribution in [0.2, 0.25) is 0 Å². The molecule has 8 nitrogen and oxygen atoms in total. The van der Waals surface area contributed by atoms with Crippen molar-refractivity contribution in [3.63, 3.8) is 0 Å². The van der Waals surface area contributed by atoms with E-state index in [-0.39, 0.29) is 17.6 Å². The Morgan fingerprint density at radius 3 is 2.92 bits per heavy atom. The zero-order valence-electron chi connectivity index (χ0n) is 13.5. The Morgan fingerprint density at radius 2 is 2.12 bits per heavy atom. The van der Waals surface area contributed by atoms with E-state index in [1.54, 1.807) is 13.4 Å². The minimum atomic E-state index is -0.315. The lowest BCUT2D eigenvalue weighted by Gasteiger charge is -2.14. The van der Waals surface area contributed by atoms with E-state index in [1.807, 2.05) is 35.8 Å². The zero-order valence-corrected chi connectivity index (χ0v) is 13.5. The number of ether oxygens (including phenoxy) is 1. The molecule has 3 rings (SSSR count). The second-order valence-corrected chi connectivity index (χ2v) is 5.31. The number of nitrogens with zero attached hydrogens (tertiary/aromatic N) is 5.